The number of nitrogens with zero attached hydrogens (tertiary/aromatic N) is 1. The van der Waals surface area contributed by atoms with Crippen LogP contribution in [0.2, 0.25) is 0 Å². The Balaban J connectivity index is 2.44. The highest BCUT2D eigenvalue weighted by Gasteiger charge is 2.33. The lowest BCUT2D eigenvalue weighted by Gasteiger charge is -2.16. The number of hydrogen-bond donors (Lipinski definition) is 1. The highest BCUT2D eigenvalue weighted by atomic mass is 32.2. The molecule has 0 unspecified atom stereocenters. The van der Waals surface area contributed by atoms with Crippen LogP contribution >= 0.6 is 11.3 Å². The summed E-state index contributed by atoms with van der Waals surface area (Å²) in [5.41, 5.74) is -0.281. The molecule has 0 fully saturated rings. The highest BCUT2D eigenvalue weighted by Crippen LogP contribution is 2.36. The largest absolute Gasteiger partial charge is 0.416 e. The molecule has 8 heteroatoms. The number of benzene rings is 1. The van der Waals surface area contributed by atoms with Crippen LogP contribution in [0.1, 0.15) is 5.56 Å². The Bertz CT molecular complexity index is 729. The van der Waals surface area contributed by atoms with Crippen LogP contribution in [-0.2, 0) is 23.5 Å². The van der Waals surface area contributed by atoms with E-state index in [1.165, 1.54) is 0 Å². The molecule has 1 aromatic carbocycles. The van der Waals surface area contributed by atoms with E-state index in [4.69, 9.17) is 5.41 Å². The predicted molar refractivity (Wildman–Crippen MR) is 61.9 cm³/mol. The van der Waals surface area contributed by atoms with E-state index in [2.05, 4.69) is 0 Å². The number of halogens is 3. The van der Waals surface area contributed by atoms with E-state index in [-0.39, 0.29) is 15.4 Å². The van der Waals surface area contributed by atoms with E-state index in [0.717, 1.165) is 23.5 Å². The predicted octanol–water partition coefficient (Wildman–Crippen LogP) is 2.32. The van der Waals surface area contributed by atoms with Gasteiger partial charge >= 0.3 is 6.18 Å². The molecule has 1 aromatic heterocycles. The molecular formula is C10H7F3N2OS2. The second kappa shape index (κ2) is 3.67. The van der Waals surface area contributed by atoms with Crippen molar-refractivity contribution in [2.75, 3.05) is 5.75 Å². The van der Waals surface area contributed by atoms with Gasteiger partial charge in [0.25, 0.3) is 0 Å². The molecule has 3 rings (SSSR count). The average molecular weight is 292 g/mol. The van der Waals surface area contributed by atoms with Crippen LogP contribution < -0.4 is 4.80 Å². The minimum absolute atomic E-state index is 0.195. The third-order valence-corrected chi connectivity index (χ3v) is 5.13. The number of thiazole rings is 1. The summed E-state index contributed by atoms with van der Waals surface area (Å²) in [5, 5.41) is 7.72. The van der Waals surface area contributed by atoms with Crippen molar-refractivity contribution in [1.29, 1.82) is 5.41 Å². The summed E-state index contributed by atoms with van der Waals surface area (Å²) >= 11 is 0.985. The number of alkyl halides is 3. The number of hydrogen-bond acceptors (Lipinski definition) is 3. The van der Waals surface area contributed by atoms with Crippen LogP contribution in [0.25, 0.3) is 10.2 Å². The molecule has 1 aliphatic rings. The van der Waals surface area contributed by atoms with Gasteiger partial charge in [-0.2, -0.15) is 13.2 Å². The van der Waals surface area contributed by atoms with E-state index < -0.39 is 22.5 Å². The van der Waals surface area contributed by atoms with Gasteiger partial charge in [0.15, 0.2) is 4.80 Å². The van der Waals surface area contributed by atoms with E-state index in [1.54, 1.807) is 4.57 Å². The minimum Gasteiger partial charge on any atom is -0.315 e. The summed E-state index contributed by atoms with van der Waals surface area (Å²) in [6.07, 6.45) is -4.46. The first-order valence-electron chi connectivity index (χ1n) is 5.05. The van der Waals surface area contributed by atoms with Gasteiger partial charge in [-0.3, -0.25) is 9.62 Å². The zero-order chi connectivity index (χ0) is 13.1. The standard InChI is InChI=1S/C10H7F3N2OS2/c11-10(12,13)5-3-6-8-7(4-5)18(16)2-1-15(8)9(14)17-6/h3-4,14H,1-2H2/t18-/m0/s1. The molecule has 96 valence electrons. The van der Waals surface area contributed by atoms with Gasteiger partial charge in [0.05, 0.1) is 31.5 Å². The maximum Gasteiger partial charge on any atom is 0.416 e. The van der Waals surface area contributed by atoms with Crippen LogP contribution in [0.15, 0.2) is 17.0 Å². The van der Waals surface area contributed by atoms with Gasteiger partial charge in [-0.05, 0) is 12.1 Å². The summed E-state index contributed by atoms with van der Waals surface area (Å²) in [6, 6.07) is 1.97. The fourth-order valence-corrected chi connectivity index (χ4v) is 4.35. The minimum atomic E-state index is -4.46. The number of nitrogens with one attached hydrogen (secondary N) is 1. The maximum atomic E-state index is 12.7. The van der Waals surface area contributed by atoms with Crippen molar-refractivity contribution in [3.8, 4) is 0 Å². The quantitative estimate of drug-likeness (QED) is 0.796. The van der Waals surface area contributed by atoms with E-state index in [1.807, 2.05) is 0 Å². The lowest BCUT2D eigenvalue weighted by molar-refractivity contribution is -0.137. The van der Waals surface area contributed by atoms with Gasteiger partial charge in [0, 0.05) is 12.3 Å². The third-order valence-electron chi connectivity index (χ3n) is 2.83. The first-order valence-corrected chi connectivity index (χ1v) is 7.19. The zero-order valence-electron chi connectivity index (χ0n) is 8.87. The third kappa shape index (κ3) is 1.63. The molecule has 1 N–H and O–H groups in total. The molecular weight excluding hydrogens is 285 g/mol. The molecule has 0 amide bonds. The SMILES string of the molecule is N=c1sc2cc(C(F)(F)F)cc3c2n1CC[S@@]3=O. The molecule has 2 heterocycles. The molecule has 0 radical (unpaired) electrons. The Hall–Kier alpha value is -1.15. The molecule has 0 saturated heterocycles. The van der Waals surface area contributed by atoms with E-state index >= 15 is 0 Å². The molecule has 1 aliphatic heterocycles. The Labute approximate surface area is 106 Å². The zero-order valence-corrected chi connectivity index (χ0v) is 10.5. The van der Waals surface area contributed by atoms with Crippen molar-refractivity contribution < 1.29 is 17.4 Å². The molecule has 0 saturated carbocycles. The molecule has 0 aliphatic carbocycles. The van der Waals surface area contributed by atoms with Crippen molar-refractivity contribution in [2.45, 2.75) is 17.6 Å². The van der Waals surface area contributed by atoms with Crippen LogP contribution in [0, 0.1) is 5.41 Å². The van der Waals surface area contributed by atoms with Gasteiger partial charge in [0.2, 0.25) is 0 Å². The number of rotatable bonds is 0. The fraction of sp³-hybridized carbons (Fsp3) is 0.300. The van der Waals surface area contributed by atoms with Crippen LogP contribution in [0.4, 0.5) is 13.2 Å². The monoisotopic (exact) mass is 292 g/mol. The highest BCUT2D eigenvalue weighted by molar-refractivity contribution is 7.85. The Morgan fingerprint density at radius 3 is 2.78 bits per heavy atom. The van der Waals surface area contributed by atoms with Crippen molar-refractivity contribution >= 4 is 32.4 Å². The Morgan fingerprint density at radius 1 is 1.39 bits per heavy atom. The lowest BCUT2D eigenvalue weighted by atomic mass is 10.2. The second-order valence-electron chi connectivity index (χ2n) is 3.93. The van der Waals surface area contributed by atoms with Gasteiger partial charge in [-0.25, -0.2) is 0 Å². The molecule has 0 bridgehead atoms. The van der Waals surface area contributed by atoms with E-state index in [0.29, 0.717) is 16.8 Å². The Morgan fingerprint density at radius 2 is 2.11 bits per heavy atom. The van der Waals surface area contributed by atoms with Crippen molar-refractivity contribution in [1.82, 2.24) is 4.57 Å². The molecule has 2 aromatic rings. The Kier molecular flexibility index (Phi) is 2.43. The first kappa shape index (κ1) is 11.9. The smallest absolute Gasteiger partial charge is 0.315 e. The summed E-state index contributed by atoms with van der Waals surface area (Å²) in [5.74, 6) is 0.261. The fourth-order valence-electron chi connectivity index (χ4n) is 2.02. The summed E-state index contributed by atoms with van der Waals surface area (Å²) in [6.45, 7) is 0.420. The topological polar surface area (TPSA) is 45.9 Å². The van der Waals surface area contributed by atoms with Crippen LogP contribution in [0.5, 0.6) is 0 Å². The molecule has 0 spiro atoms. The van der Waals surface area contributed by atoms with Crippen molar-refractivity contribution in [3.05, 3.63) is 22.5 Å². The van der Waals surface area contributed by atoms with Gasteiger partial charge < -0.3 is 4.57 Å². The van der Waals surface area contributed by atoms with Crippen molar-refractivity contribution in [3.63, 3.8) is 0 Å². The normalized spacial score (nSPS) is 19.4. The lowest BCUT2D eigenvalue weighted by Crippen LogP contribution is -2.22. The molecule has 1 atom stereocenters. The summed E-state index contributed by atoms with van der Waals surface area (Å²) in [4.78, 5) is 0.392. The summed E-state index contributed by atoms with van der Waals surface area (Å²) < 4.78 is 52.0. The second-order valence-corrected chi connectivity index (χ2v) is 6.50. The number of aromatic nitrogens is 1. The average Bonchev–Trinajstić information content (AvgIpc) is 2.59. The van der Waals surface area contributed by atoms with Gasteiger partial charge in [-0.15, -0.1) is 0 Å². The number of aryl methyl sites for hydroxylation is 1. The van der Waals surface area contributed by atoms with Crippen molar-refractivity contribution in [2.24, 2.45) is 0 Å². The summed E-state index contributed by atoms with van der Waals surface area (Å²) in [7, 11) is -1.42. The molecule has 18 heavy (non-hydrogen) atoms. The van der Waals surface area contributed by atoms with Gasteiger partial charge in [0.1, 0.15) is 0 Å². The maximum absolute atomic E-state index is 12.7. The van der Waals surface area contributed by atoms with Crippen LogP contribution in [0.3, 0.4) is 0 Å². The van der Waals surface area contributed by atoms with Gasteiger partial charge in [-0.1, -0.05) is 11.3 Å². The van der Waals surface area contributed by atoms with E-state index in [9.17, 15) is 17.4 Å². The first-order chi connectivity index (χ1) is 8.38. The van der Waals surface area contributed by atoms with Crippen LogP contribution in [-0.4, -0.2) is 14.5 Å². The molecule has 3 nitrogen and oxygen atoms in total.